The fourth-order valence-corrected chi connectivity index (χ4v) is 2.88. The van der Waals surface area contributed by atoms with E-state index >= 15 is 0 Å². The van der Waals surface area contributed by atoms with Crippen LogP contribution in [0.25, 0.3) is 0 Å². The second kappa shape index (κ2) is 4.84. The van der Waals surface area contributed by atoms with Gasteiger partial charge in [0.05, 0.1) is 5.69 Å². The lowest BCUT2D eigenvalue weighted by atomic mass is 9.95. The van der Waals surface area contributed by atoms with Gasteiger partial charge in [-0.1, -0.05) is 39.0 Å². The summed E-state index contributed by atoms with van der Waals surface area (Å²) in [5.74, 6) is 1.73. The second-order valence-corrected chi connectivity index (χ2v) is 5.82. The van der Waals surface area contributed by atoms with Crippen molar-refractivity contribution in [1.82, 2.24) is 9.97 Å². The molecule has 0 spiro atoms. The lowest BCUT2D eigenvalue weighted by Gasteiger charge is -2.11. The Morgan fingerprint density at radius 3 is 2.79 bits per heavy atom. The molecule has 0 atom stereocenters. The van der Waals surface area contributed by atoms with Crippen LogP contribution in [-0.4, -0.2) is 9.97 Å². The lowest BCUT2D eigenvalue weighted by molar-refractivity contribution is 0.857. The highest BCUT2D eigenvalue weighted by molar-refractivity contribution is 5.39. The fourth-order valence-electron chi connectivity index (χ4n) is 2.88. The number of aryl methyl sites for hydroxylation is 3. The van der Waals surface area contributed by atoms with E-state index in [2.05, 4.69) is 44.0 Å². The molecule has 0 fully saturated rings. The summed E-state index contributed by atoms with van der Waals surface area (Å²) >= 11 is 0. The molecule has 0 unspecified atom stereocenters. The van der Waals surface area contributed by atoms with Gasteiger partial charge >= 0.3 is 0 Å². The molecule has 1 aromatic carbocycles. The number of imidazole rings is 1. The number of hydrogen-bond acceptors (Lipinski definition) is 1. The van der Waals surface area contributed by atoms with Crippen molar-refractivity contribution in [1.29, 1.82) is 0 Å². The molecule has 2 aromatic rings. The third-order valence-corrected chi connectivity index (χ3v) is 4.14. The topological polar surface area (TPSA) is 28.7 Å². The number of nitrogens with zero attached hydrogens (tertiary/aromatic N) is 1. The number of H-pyrrole nitrogens is 1. The summed E-state index contributed by atoms with van der Waals surface area (Å²) in [7, 11) is 0. The Labute approximate surface area is 115 Å². The number of hydrogen-bond donors (Lipinski definition) is 1. The largest absolute Gasteiger partial charge is 0.345 e. The first-order valence-electron chi connectivity index (χ1n) is 7.35. The Morgan fingerprint density at radius 2 is 2.05 bits per heavy atom. The zero-order valence-electron chi connectivity index (χ0n) is 12.1. The van der Waals surface area contributed by atoms with E-state index in [1.165, 1.54) is 28.1 Å². The van der Waals surface area contributed by atoms with Crippen LogP contribution in [0.15, 0.2) is 18.2 Å². The van der Waals surface area contributed by atoms with Crippen LogP contribution in [0.4, 0.5) is 0 Å². The maximum atomic E-state index is 4.71. The Bertz CT molecular complexity index is 593. The maximum Gasteiger partial charge on any atom is 0.106 e. The Hall–Kier alpha value is -1.57. The molecular formula is C17H22N2. The number of nitrogens with one attached hydrogen (secondary N) is 1. The van der Waals surface area contributed by atoms with Crippen LogP contribution in [-0.2, 0) is 25.7 Å². The van der Waals surface area contributed by atoms with Gasteiger partial charge in [-0.2, -0.15) is 0 Å². The number of aromatic nitrogens is 2. The normalized spacial score (nSPS) is 14.1. The van der Waals surface area contributed by atoms with Gasteiger partial charge in [0.15, 0.2) is 0 Å². The molecule has 1 aromatic heterocycles. The van der Waals surface area contributed by atoms with Gasteiger partial charge in [0, 0.05) is 18.5 Å². The van der Waals surface area contributed by atoms with Crippen molar-refractivity contribution < 1.29 is 0 Å². The van der Waals surface area contributed by atoms with E-state index in [0.717, 1.165) is 31.5 Å². The SMILES string of the molecule is CCc1nc2c([nH]1)Cc1cc(C(C)C)ccc1CC2. The Balaban J connectivity index is 2.00. The highest BCUT2D eigenvalue weighted by atomic mass is 14.9. The molecule has 0 bridgehead atoms. The van der Waals surface area contributed by atoms with Gasteiger partial charge in [-0.05, 0) is 35.4 Å². The minimum atomic E-state index is 0.598. The summed E-state index contributed by atoms with van der Waals surface area (Å²) in [5.41, 5.74) is 7.03. The predicted molar refractivity (Wildman–Crippen MR) is 78.7 cm³/mol. The van der Waals surface area contributed by atoms with Gasteiger partial charge in [0.1, 0.15) is 5.82 Å². The lowest BCUT2D eigenvalue weighted by Crippen LogP contribution is -1.97. The summed E-state index contributed by atoms with van der Waals surface area (Å²) in [5, 5.41) is 0. The number of aromatic amines is 1. The summed E-state index contributed by atoms with van der Waals surface area (Å²) in [6.45, 7) is 6.67. The molecule has 0 saturated heterocycles. The van der Waals surface area contributed by atoms with Gasteiger partial charge < -0.3 is 4.98 Å². The van der Waals surface area contributed by atoms with E-state index in [9.17, 15) is 0 Å². The zero-order chi connectivity index (χ0) is 13.4. The minimum absolute atomic E-state index is 0.598. The predicted octanol–water partition coefficient (Wildman–Crippen LogP) is 3.78. The number of benzene rings is 1. The van der Waals surface area contributed by atoms with Crippen molar-refractivity contribution in [3.05, 3.63) is 52.1 Å². The van der Waals surface area contributed by atoms with Crippen LogP contribution in [0.1, 0.15) is 60.6 Å². The quantitative estimate of drug-likeness (QED) is 0.868. The van der Waals surface area contributed by atoms with E-state index < -0.39 is 0 Å². The average molecular weight is 254 g/mol. The van der Waals surface area contributed by atoms with E-state index in [0.29, 0.717) is 5.92 Å². The molecule has 1 aliphatic rings. The van der Waals surface area contributed by atoms with Crippen LogP contribution < -0.4 is 0 Å². The highest BCUT2D eigenvalue weighted by Gasteiger charge is 2.17. The molecule has 1 aliphatic carbocycles. The summed E-state index contributed by atoms with van der Waals surface area (Å²) in [4.78, 5) is 8.22. The third kappa shape index (κ3) is 2.32. The van der Waals surface area contributed by atoms with Crippen LogP contribution in [0.5, 0.6) is 0 Å². The molecule has 1 N–H and O–H groups in total. The van der Waals surface area contributed by atoms with E-state index in [-0.39, 0.29) is 0 Å². The molecule has 19 heavy (non-hydrogen) atoms. The Morgan fingerprint density at radius 1 is 1.21 bits per heavy atom. The van der Waals surface area contributed by atoms with E-state index in [4.69, 9.17) is 4.98 Å². The fraction of sp³-hybridized carbons (Fsp3) is 0.471. The highest BCUT2D eigenvalue weighted by Crippen LogP contribution is 2.26. The molecule has 0 aliphatic heterocycles. The molecule has 3 rings (SSSR count). The van der Waals surface area contributed by atoms with Crippen LogP contribution >= 0.6 is 0 Å². The monoisotopic (exact) mass is 254 g/mol. The smallest absolute Gasteiger partial charge is 0.106 e. The van der Waals surface area contributed by atoms with Crippen molar-refractivity contribution >= 4 is 0 Å². The second-order valence-electron chi connectivity index (χ2n) is 5.82. The summed E-state index contributed by atoms with van der Waals surface area (Å²) in [6.07, 6.45) is 4.19. The van der Waals surface area contributed by atoms with Gasteiger partial charge in [-0.25, -0.2) is 4.98 Å². The first kappa shape index (κ1) is 12.5. The van der Waals surface area contributed by atoms with Crippen LogP contribution in [0, 0.1) is 0 Å². The molecule has 1 heterocycles. The molecule has 0 amide bonds. The minimum Gasteiger partial charge on any atom is -0.345 e. The van der Waals surface area contributed by atoms with E-state index in [1.54, 1.807) is 0 Å². The maximum absolute atomic E-state index is 4.71. The Kier molecular flexibility index (Phi) is 3.17. The molecule has 0 saturated carbocycles. The summed E-state index contributed by atoms with van der Waals surface area (Å²) < 4.78 is 0. The van der Waals surface area contributed by atoms with Crippen molar-refractivity contribution in [3.63, 3.8) is 0 Å². The number of fused-ring (bicyclic) bond motifs is 2. The number of rotatable bonds is 2. The first-order chi connectivity index (χ1) is 9.17. The van der Waals surface area contributed by atoms with Crippen molar-refractivity contribution in [2.24, 2.45) is 0 Å². The molecular weight excluding hydrogens is 232 g/mol. The summed E-state index contributed by atoms with van der Waals surface area (Å²) in [6, 6.07) is 6.99. The molecule has 2 heteroatoms. The molecule has 2 nitrogen and oxygen atoms in total. The van der Waals surface area contributed by atoms with Crippen molar-refractivity contribution in [2.75, 3.05) is 0 Å². The van der Waals surface area contributed by atoms with Crippen molar-refractivity contribution in [3.8, 4) is 0 Å². The standard InChI is InChI=1S/C17H22N2/c1-4-17-18-15-8-7-12-5-6-13(11(2)3)9-14(12)10-16(15)19-17/h5-6,9,11H,4,7-8,10H2,1-3H3,(H,18,19). The zero-order valence-corrected chi connectivity index (χ0v) is 12.1. The van der Waals surface area contributed by atoms with Crippen LogP contribution in [0.3, 0.4) is 0 Å². The van der Waals surface area contributed by atoms with Gasteiger partial charge in [-0.3, -0.25) is 0 Å². The third-order valence-electron chi connectivity index (χ3n) is 4.14. The van der Waals surface area contributed by atoms with E-state index in [1.807, 2.05) is 0 Å². The van der Waals surface area contributed by atoms with Crippen LogP contribution in [0.2, 0.25) is 0 Å². The van der Waals surface area contributed by atoms with Gasteiger partial charge in [-0.15, -0.1) is 0 Å². The van der Waals surface area contributed by atoms with Crippen molar-refractivity contribution in [2.45, 2.75) is 52.4 Å². The van der Waals surface area contributed by atoms with Gasteiger partial charge in [0.25, 0.3) is 0 Å². The van der Waals surface area contributed by atoms with Gasteiger partial charge in [0.2, 0.25) is 0 Å². The first-order valence-corrected chi connectivity index (χ1v) is 7.35. The molecule has 0 radical (unpaired) electrons. The molecule has 100 valence electrons. The average Bonchev–Trinajstić information content (AvgIpc) is 2.71.